The summed E-state index contributed by atoms with van der Waals surface area (Å²) in [6.07, 6.45) is 1.69. The van der Waals surface area contributed by atoms with Crippen molar-refractivity contribution in [3.63, 3.8) is 0 Å². The minimum Gasteiger partial charge on any atom is -0.444 e. The van der Waals surface area contributed by atoms with Crippen LogP contribution in [-0.4, -0.2) is 57.2 Å². The van der Waals surface area contributed by atoms with E-state index in [9.17, 15) is 9.18 Å². The van der Waals surface area contributed by atoms with Gasteiger partial charge in [-0.2, -0.15) is 0 Å². The summed E-state index contributed by atoms with van der Waals surface area (Å²) in [5, 5.41) is 0. The Labute approximate surface area is 176 Å². The molecule has 4 N–H and O–H groups in total. The van der Waals surface area contributed by atoms with Gasteiger partial charge in [0.15, 0.2) is 5.82 Å². The van der Waals surface area contributed by atoms with Gasteiger partial charge in [0.25, 0.3) is 0 Å². The highest BCUT2D eigenvalue weighted by atomic mass is 19.1. The third-order valence-corrected chi connectivity index (χ3v) is 3.95. The molecular formula is C20H31FN6O3. The lowest BCUT2D eigenvalue weighted by molar-refractivity contribution is -0.106. The molecule has 0 aromatic carbocycles. The molecule has 1 aliphatic rings. The van der Waals surface area contributed by atoms with Crippen LogP contribution in [0.2, 0.25) is 0 Å². The number of likely N-dealkylation sites (tertiary alicyclic amines) is 1. The Morgan fingerprint density at radius 2 is 1.93 bits per heavy atom. The quantitative estimate of drug-likeness (QED) is 0.623. The molecule has 1 saturated heterocycles. The van der Waals surface area contributed by atoms with E-state index >= 15 is 0 Å². The van der Waals surface area contributed by atoms with Gasteiger partial charge in [-0.3, -0.25) is 4.79 Å². The van der Waals surface area contributed by atoms with E-state index in [0.29, 0.717) is 24.3 Å². The zero-order chi connectivity index (χ0) is 22.9. The predicted molar refractivity (Wildman–Crippen MR) is 113 cm³/mol. The molecule has 0 bridgehead atoms. The van der Waals surface area contributed by atoms with Gasteiger partial charge in [-0.25, -0.2) is 24.1 Å². The monoisotopic (exact) mass is 422 g/mol. The van der Waals surface area contributed by atoms with E-state index in [0.717, 1.165) is 23.2 Å². The number of primary amides is 1. The van der Waals surface area contributed by atoms with Crippen LogP contribution < -0.4 is 11.5 Å². The number of rotatable bonds is 0. The third-order valence-electron chi connectivity index (χ3n) is 3.95. The van der Waals surface area contributed by atoms with Gasteiger partial charge in [0.1, 0.15) is 23.6 Å². The standard InChI is InChI=1S/C10H18FNO2.C9H10N4.CH3NO/c1-10(2,3)14-9(13)12-6-4-5-8(11)7-12;1-5-3-6(2)13-8-7(5)11-4-12-9(8)10;2-1-3/h8H,4-7H2,1-3H3;3-4H,1-2H3,(H2,10,11,12);1H,(H2,2,3). The molecule has 0 saturated carbocycles. The number of nitrogens with two attached hydrogens (primary N) is 2. The van der Waals surface area contributed by atoms with Gasteiger partial charge in [0, 0.05) is 12.2 Å². The molecule has 1 unspecified atom stereocenters. The fourth-order valence-corrected chi connectivity index (χ4v) is 2.80. The molecule has 0 radical (unpaired) electrons. The largest absolute Gasteiger partial charge is 0.444 e. The summed E-state index contributed by atoms with van der Waals surface area (Å²) in [4.78, 5) is 33.8. The number of hydrogen-bond acceptors (Lipinski definition) is 7. The van der Waals surface area contributed by atoms with Crippen LogP contribution in [0.5, 0.6) is 0 Å². The van der Waals surface area contributed by atoms with Crippen molar-refractivity contribution in [2.45, 2.75) is 59.2 Å². The highest BCUT2D eigenvalue weighted by Gasteiger charge is 2.27. The van der Waals surface area contributed by atoms with E-state index < -0.39 is 17.9 Å². The van der Waals surface area contributed by atoms with Gasteiger partial charge in [-0.15, -0.1) is 0 Å². The van der Waals surface area contributed by atoms with Crippen LogP contribution in [0.15, 0.2) is 12.4 Å². The van der Waals surface area contributed by atoms with E-state index in [2.05, 4.69) is 20.7 Å². The normalized spacial score (nSPS) is 15.9. The first kappa shape index (κ1) is 25.0. The SMILES string of the molecule is CC(C)(C)OC(=O)N1CCCC(F)C1.Cc1cc(C)c2ncnc(N)c2n1.NC=O. The number of ether oxygens (including phenoxy) is 1. The minimum absolute atomic E-state index is 0.176. The zero-order valence-corrected chi connectivity index (χ0v) is 18.2. The number of alkyl halides is 1. The molecule has 0 spiro atoms. The van der Waals surface area contributed by atoms with Crippen molar-refractivity contribution in [1.29, 1.82) is 0 Å². The molecule has 166 valence electrons. The molecule has 2 aromatic heterocycles. The maximum atomic E-state index is 13.0. The summed E-state index contributed by atoms with van der Waals surface area (Å²) in [6, 6.07) is 1.98. The second-order valence-corrected chi connectivity index (χ2v) is 7.84. The summed E-state index contributed by atoms with van der Waals surface area (Å²) in [7, 11) is 0. The van der Waals surface area contributed by atoms with Gasteiger partial charge in [-0.1, -0.05) is 0 Å². The third kappa shape index (κ3) is 8.14. The molecule has 1 atom stereocenters. The molecule has 3 heterocycles. The highest BCUT2D eigenvalue weighted by Crippen LogP contribution is 2.18. The molecule has 3 rings (SSSR count). The number of hydrogen-bond donors (Lipinski definition) is 2. The van der Waals surface area contributed by atoms with E-state index in [1.807, 2.05) is 40.7 Å². The Morgan fingerprint density at radius 1 is 1.30 bits per heavy atom. The number of amides is 2. The van der Waals surface area contributed by atoms with Crippen molar-refractivity contribution in [2.24, 2.45) is 5.73 Å². The minimum atomic E-state index is -0.892. The van der Waals surface area contributed by atoms with Crippen molar-refractivity contribution < 1.29 is 18.7 Å². The van der Waals surface area contributed by atoms with E-state index in [1.165, 1.54) is 11.2 Å². The Hall–Kier alpha value is -3.04. The zero-order valence-electron chi connectivity index (χ0n) is 18.2. The average Bonchev–Trinajstić information content (AvgIpc) is 2.62. The molecule has 30 heavy (non-hydrogen) atoms. The lowest BCUT2D eigenvalue weighted by Crippen LogP contribution is -2.43. The second-order valence-electron chi connectivity index (χ2n) is 7.84. The average molecular weight is 423 g/mol. The number of aromatic nitrogens is 3. The molecule has 0 aliphatic carbocycles. The predicted octanol–water partition coefficient (Wildman–Crippen LogP) is 2.68. The fourth-order valence-electron chi connectivity index (χ4n) is 2.80. The van der Waals surface area contributed by atoms with Crippen LogP contribution in [0.3, 0.4) is 0 Å². The van der Waals surface area contributed by atoms with Crippen molar-refractivity contribution in [1.82, 2.24) is 19.9 Å². The van der Waals surface area contributed by atoms with Gasteiger partial charge >= 0.3 is 6.09 Å². The Balaban J connectivity index is 0.000000266. The fraction of sp³-hybridized carbons (Fsp3) is 0.550. The Kier molecular flexibility index (Phi) is 9.35. The second kappa shape index (κ2) is 11.2. The first-order chi connectivity index (χ1) is 14.0. The number of anilines is 1. The maximum absolute atomic E-state index is 13.0. The first-order valence-corrected chi connectivity index (χ1v) is 9.60. The van der Waals surface area contributed by atoms with Crippen LogP contribution in [0.4, 0.5) is 15.0 Å². The van der Waals surface area contributed by atoms with Crippen LogP contribution in [0.1, 0.15) is 44.9 Å². The number of nitrogens with zero attached hydrogens (tertiary/aromatic N) is 4. The van der Waals surface area contributed by atoms with Crippen molar-refractivity contribution >= 4 is 29.4 Å². The van der Waals surface area contributed by atoms with Gasteiger partial charge in [0.05, 0.1) is 12.1 Å². The van der Waals surface area contributed by atoms with Crippen LogP contribution in [0.25, 0.3) is 11.0 Å². The topological polar surface area (TPSA) is 137 Å². The number of carbonyl (C=O) groups is 2. The van der Waals surface area contributed by atoms with E-state index in [4.69, 9.17) is 15.3 Å². The maximum Gasteiger partial charge on any atom is 0.410 e. The van der Waals surface area contributed by atoms with Crippen molar-refractivity contribution in [3.05, 3.63) is 23.7 Å². The number of fused-ring (bicyclic) bond motifs is 1. The highest BCUT2D eigenvalue weighted by molar-refractivity contribution is 5.85. The first-order valence-electron chi connectivity index (χ1n) is 9.60. The molecule has 1 fully saturated rings. The van der Waals surface area contributed by atoms with Crippen molar-refractivity contribution in [2.75, 3.05) is 18.8 Å². The van der Waals surface area contributed by atoms with Crippen molar-refractivity contribution in [3.8, 4) is 0 Å². The molecule has 2 amide bonds. The van der Waals surface area contributed by atoms with Gasteiger partial charge in [0.2, 0.25) is 6.41 Å². The summed E-state index contributed by atoms with van der Waals surface area (Å²) in [5.74, 6) is 0.441. The Morgan fingerprint density at radius 3 is 2.50 bits per heavy atom. The molecule has 9 nitrogen and oxygen atoms in total. The van der Waals surface area contributed by atoms with Crippen LogP contribution >= 0.6 is 0 Å². The summed E-state index contributed by atoms with van der Waals surface area (Å²) >= 11 is 0. The summed E-state index contributed by atoms with van der Waals surface area (Å²) < 4.78 is 18.1. The van der Waals surface area contributed by atoms with Crippen LogP contribution in [0, 0.1) is 13.8 Å². The summed E-state index contributed by atoms with van der Waals surface area (Å²) in [5.41, 5.74) is 12.9. The molecule has 2 aromatic rings. The number of piperidine rings is 1. The summed E-state index contributed by atoms with van der Waals surface area (Å²) in [6.45, 7) is 10.1. The van der Waals surface area contributed by atoms with E-state index in [1.54, 1.807) is 0 Å². The smallest absolute Gasteiger partial charge is 0.410 e. The lowest BCUT2D eigenvalue weighted by atomic mass is 10.1. The number of aryl methyl sites for hydroxylation is 2. The lowest BCUT2D eigenvalue weighted by Gasteiger charge is -2.31. The number of halogens is 1. The van der Waals surface area contributed by atoms with Crippen LogP contribution in [-0.2, 0) is 9.53 Å². The van der Waals surface area contributed by atoms with E-state index in [-0.39, 0.29) is 13.0 Å². The number of carbonyl (C=O) groups excluding carboxylic acids is 2. The number of nitrogen functional groups attached to an aromatic ring is 1. The van der Waals surface area contributed by atoms with Gasteiger partial charge in [-0.05, 0) is 59.1 Å². The molecule has 1 aliphatic heterocycles. The molecular weight excluding hydrogens is 391 g/mol. The number of pyridine rings is 1. The molecule has 10 heteroatoms. The van der Waals surface area contributed by atoms with Gasteiger partial charge < -0.3 is 21.1 Å². The Bertz CT molecular complexity index is 856.